The van der Waals surface area contributed by atoms with Crippen LogP contribution in [0.25, 0.3) is 0 Å². The van der Waals surface area contributed by atoms with E-state index in [2.05, 4.69) is 16.4 Å². The fourth-order valence-corrected chi connectivity index (χ4v) is 2.12. The Kier molecular flexibility index (Phi) is 2.42. The standard InChI is InChI=1S/C10H13N3S/c1-8-6-12-9(14-8)13-7-10(2-3-10)4-5-11/h6H,2-4,7H2,1H3,(H,12,13). The third kappa shape index (κ3) is 2.05. The highest BCUT2D eigenvalue weighted by atomic mass is 32.1. The predicted octanol–water partition coefficient (Wildman–Crippen LogP) is 2.56. The first-order valence-corrected chi connectivity index (χ1v) is 5.59. The lowest BCUT2D eigenvalue weighted by Gasteiger charge is -2.10. The number of anilines is 1. The van der Waals surface area contributed by atoms with Gasteiger partial charge in [-0.25, -0.2) is 4.98 Å². The molecular formula is C10H13N3S. The molecule has 0 saturated heterocycles. The van der Waals surface area contributed by atoms with E-state index in [1.807, 2.05) is 13.1 Å². The number of thiazole rings is 1. The molecule has 1 fully saturated rings. The number of hydrogen-bond acceptors (Lipinski definition) is 4. The Hall–Kier alpha value is -1.08. The Morgan fingerprint density at radius 2 is 2.50 bits per heavy atom. The lowest BCUT2D eigenvalue weighted by molar-refractivity contribution is 0.557. The van der Waals surface area contributed by atoms with Crippen LogP contribution in [0.5, 0.6) is 0 Å². The summed E-state index contributed by atoms with van der Waals surface area (Å²) < 4.78 is 0. The van der Waals surface area contributed by atoms with Crippen molar-refractivity contribution in [3.8, 4) is 6.07 Å². The van der Waals surface area contributed by atoms with E-state index in [4.69, 9.17) is 5.26 Å². The van der Waals surface area contributed by atoms with Crippen molar-refractivity contribution >= 4 is 16.5 Å². The van der Waals surface area contributed by atoms with Crippen molar-refractivity contribution in [1.82, 2.24) is 4.98 Å². The summed E-state index contributed by atoms with van der Waals surface area (Å²) in [7, 11) is 0. The van der Waals surface area contributed by atoms with Gasteiger partial charge in [-0.15, -0.1) is 11.3 Å². The number of nitrogens with one attached hydrogen (secondary N) is 1. The van der Waals surface area contributed by atoms with Gasteiger partial charge in [0.1, 0.15) is 0 Å². The molecule has 1 aromatic rings. The number of aryl methyl sites for hydroxylation is 1. The van der Waals surface area contributed by atoms with Crippen LogP contribution in [0.4, 0.5) is 5.13 Å². The minimum Gasteiger partial charge on any atom is -0.361 e. The highest BCUT2D eigenvalue weighted by molar-refractivity contribution is 7.15. The van der Waals surface area contributed by atoms with Gasteiger partial charge in [0.15, 0.2) is 5.13 Å². The van der Waals surface area contributed by atoms with Crippen LogP contribution in [-0.4, -0.2) is 11.5 Å². The van der Waals surface area contributed by atoms with E-state index in [0.29, 0.717) is 6.42 Å². The molecule has 74 valence electrons. The van der Waals surface area contributed by atoms with Crippen molar-refractivity contribution in [3.05, 3.63) is 11.1 Å². The number of rotatable bonds is 4. The van der Waals surface area contributed by atoms with E-state index < -0.39 is 0 Å². The molecule has 0 bridgehead atoms. The quantitative estimate of drug-likeness (QED) is 0.825. The van der Waals surface area contributed by atoms with Crippen LogP contribution < -0.4 is 5.32 Å². The Morgan fingerprint density at radius 3 is 3.00 bits per heavy atom. The van der Waals surface area contributed by atoms with Gasteiger partial charge in [0.25, 0.3) is 0 Å². The minimum atomic E-state index is 0.258. The van der Waals surface area contributed by atoms with Gasteiger partial charge >= 0.3 is 0 Å². The molecule has 1 saturated carbocycles. The van der Waals surface area contributed by atoms with Crippen LogP contribution in [0.1, 0.15) is 24.1 Å². The van der Waals surface area contributed by atoms with Crippen molar-refractivity contribution in [2.45, 2.75) is 26.2 Å². The molecule has 0 aromatic carbocycles. The van der Waals surface area contributed by atoms with Gasteiger partial charge in [0, 0.05) is 29.5 Å². The van der Waals surface area contributed by atoms with E-state index >= 15 is 0 Å². The monoisotopic (exact) mass is 207 g/mol. The summed E-state index contributed by atoms with van der Waals surface area (Å²) in [4.78, 5) is 5.45. The lowest BCUT2D eigenvalue weighted by atomic mass is 10.0. The summed E-state index contributed by atoms with van der Waals surface area (Å²) >= 11 is 1.67. The summed E-state index contributed by atoms with van der Waals surface area (Å²) in [6.45, 7) is 2.94. The molecule has 4 heteroatoms. The third-order valence-electron chi connectivity index (χ3n) is 2.65. The molecule has 1 aliphatic carbocycles. The highest BCUT2D eigenvalue weighted by Gasteiger charge is 2.42. The van der Waals surface area contributed by atoms with Crippen molar-refractivity contribution in [2.24, 2.45) is 5.41 Å². The number of aromatic nitrogens is 1. The van der Waals surface area contributed by atoms with Gasteiger partial charge in [-0.1, -0.05) is 0 Å². The highest BCUT2D eigenvalue weighted by Crippen LogP contribution is 2.48. The Morgan fingerprint density at radius 1 is 1.71 bits per heavy atom. The first-order valence-electron chi connectivity index (χ1n) is 4.77. The molecule has 0 unspecified atom stereocenters. The van der Waals surface area contributed by atoms with Crippen LogP contribution in [0.15, 0.2) is 6.20 Å². The largest absolute Gasteiger partial charge is 0.361 e. The number of hydrogen-bond donors (Lipinski definition) is 1. The van der Waals surface area contributed by atoms with Gasteiger partial charge in [-0.05, 0) is 19.8 Å². The maximum atomic E-state index is 8.65. The van der Waals surface area contributed by atoms with E-state index in [0.717, 1.165) is 11.7 Å². The molecule has 14 heavy (non-hydrogen) atoms. The molecular weight excluding hydrogens is 194 g/mol. The molecule has 1 N–H and O–H groups in total. The maximum absolute atomic E-state index is 8.65. The second kappa shape index (κ2) is 3.58. The smallest absolute Gasteiger partial charge is 0.182 e. The molecule has 0 amide bonds. The Balaban J connectivity index is 1.86. The number of nitrogens with zero attached hydrogens (tertiary/aromatic N) is 2. The lowest BCUT2D eigenvalue weighted by Crippen LogP contribution is -2.14. The zero-order valence-corrected chi connectivity index (χ0v) is 9.02. The summed E-state index contributed by atoms with van der Waals surface area (Å²) in [5.41, 5.74) is 0.258. The molecule has 0 radical (unpaired) electrons. The SMILES string of the molecule is Cc1cnc(NCC2(CC#N)CC2)s1. The zero-order valence-electron chi connectivity index (χ0n) is 8.21. The van der Waals surface area contributed by atoms with E-state index in [-0.39, 0.29) is 5.41 Å². The van der Waals surface area contributed by atoms with Crippen molar-refractivity contribution < 1.29 is 0 Å². The molecule has 1 aliphatic rings. The summed E-state index contributed by atoms with van der Waals surface area (Å²) in [5, 5.41) is 12.9. The van der Waals surface area contributed by atoms with Gasteiger partial charge in [0.2, 0.25) is 0 Å². The van der Waals surface area contributed by atoms with Crippen LogP contribution in [0.2, 0.25) is 0 Å². The topological polar surface area (TPSA) is 48.7 Å². The number of nitriles is 1. The fraction of sp³-hybridized carbons (Fsp3) is 0.600. The predicted molar refractivity (Wildman–Crippen MR) is 57.2 cm³/mol. The Labute approximate surface area is 87.8 Å². The van der Waals surface area contributed by atoms with Gasteiger partial charge in [0.05, 0.1) is 6.07 Å². The average Bonchev–Trinajstić information content (AvgIpc) is 2.80. The van der Waals surface area contributed by atoms with E-state index in [9.17, 15) is 0 Å². The van der Waals surface area contributed by atoms with E-state index in [1.165, 1.54) is 17.7 Å². The normalized spacial score (nSPS) is 17.4. The fourth-order valence-electron chi connectivity index (χ4n) is 1.46. The molecule has 1 heterocycles. The summed E-state index contributed by atoms with van der Waals surface area (Å²) in [6.07, 6.45) is 4.90. The third-order valence-corrected chi connectivity index (χ3v) is 3.52. The molecule has 1 aromatic heterocycles. The summed E-state index contributed by atoms with van der Waals surface area (Å²) in [5.74, 6) is 0. The van der Waals surface area contributed by atoms with Crippen molar-refractivity contribution in [2.75, 3.05) is 11.9 Å². The van der Waals surface area contributed by atoms with Crippen molar-refractivity contribution in [3.63, 3.8) is 0 Å². The Bertz CT molecular complexity index is 360. The van der Waals surface area contributed by atoms with Gasteiger partial charge in [-0.3, -0.25) is 0 Å². The average molecular weight is 207 g/mol. The zero-order chi connectivity index (χ0) is 10.0. The summed E-state index contributed by atoms with van der Waals surface area (Å²) in [6, 6.07) is 2.25. The molecule has 0 spiro atoms. The first-order chi connectivity index (χ1) is 6.74. The van der Waals surface area contributed by atoms with Gasteiger partial charge in [-0.2, -0.15) is 5.26 Å². The van der Waals surface area contributed by atoms with E-state index in [1.54, 1.807) is 11.3 Å². The molecule has 3 nitrogen and oxygen atoms in total. The first kappa shape index (κ1) is 9.47. The van der Waals surface area contributed by atoms with Crippen LogP contribution in [0.3, 0.4) is 0 Å². The molecule has 0 atom stereocenters. The maximum Gasteiger partial charge on any atom is 0.182 e. The van der Waals surface area contributed by atoms with Gasteiger partial charge < -0.3 is 5.32 Å². The molecule has 2 rings (SSSR count). The second-order valence-corrected chi connectivity index (χ2v) is 5.20. The minimum absolute atomic E-state index is 0.258. The van der Waals surface area contributed by atoms with Crippen LogP contribution >= 0.6 is 11.3 Å². The van der Waals surface area contributed by atoms with Crippen LogP contribution in [0, 0.1) is 23.7 Å². The van der Waals surface area contributed by atoms with Crippen LogP contribution in [-0.2, 0) is 0 Å². The molecule has 0 aliphatic heterocycles. The van der Waals surface area contributed by atoms with Crippen molar-refractivity contribution in [1.29, 1.82) is 5.26 Å². The second-order valence-electron chi connectivity index (χ2n) is 3.96.